The Bertz CT molecular complexity index is 1170. The molecule has 0 atom stereocenters. The molecule has 0 aliphatic carbocycles. The van der Waals surface area contributed by atoms with E-state index in [1.807, 2.05) is 19.1 Å². The molecule has 2 aromatic heterocycles. The van der Waals surface area contributed by atoms with Crippen molar-refractivity contribution in [3.8, 4) is 5.82 Å². The van der Waals surface area contributed by atoms with Crippen molar-refractivity contribution in [2.75, 3.05) is 23.4 Å². The molecule has 10 heteroatoms. The molecule has 2 heterocycles. The maximum Gasteiger partial charge on any atom is 0.257 e. The van der Waals surface area contributed by atoms with Gasteiger partial charge in [-0.25, -0.2) is 13.4 Å². The van der Waals surface area contributed by atoms with E-state index in [0.29, 0.717) is 23.7 Å². The van der Waals surface area contributed by atoms with Crippen molar-refractivity contribution in [3.63, 3.8) is 0 Å². The molecule has 0 bridgehead atoms. The standard InChI is InChI=1S/C20H21ClN4O4S/c1-13-6-15(11-25(13)19-5-4-14(10-22-19)12-29-2)20(26)23-17-7-16(21)8-18(9-17)24-30(3,27)28/h4-11,24H,12H2,1-3H3,(H,23,26). The smallest absolute Gasteiger partial charge is 0.257 e. The number of halogens is 1. The van der Waals surface area contributed by atoms with Gasteiger partial charge in [0.05, 0.1) is 24.1 Å². The first-order chi connectivity index (χ1) is 14.1. The molecule has 0 radical (unpaired) electrons. The van der Waals surface area contributed by atoms with Crippen LogP contribution in [0.3, 0.4) is 0 Å². The van der Waals surface area contributed by atoms with E-state index in [1.165, 1.54) is 18.2 Å². The minimum Gasteiger partial charge on any atom is -0.380 e. The maximum absolute atomic E-state index is 12.7. The maximum atomic E-state index is 12.7. The van der Waals surface area contributed by atoms with Gasteiger partial charge >= 0.3 is 0 Å². The first-order valence-corrected chi connectivity index (χ1v) is 11.1. The number of carbonyl (C=O) groups is 1. The van der Waals surface area contributed by atoms with Crippen LogP contribution in [0.4, 0.5) is 11.4 Å². The Morgan fingerprint density at radius 1 is 1.20 bits per heavy atom. The zero-order chi connectivity index (χ0) is 21.9. The van der Waals surface area contributed by atoms with Gasteiger partial charge in [0.25, 0.3) is 5.91 Å². The summed E-state index contributed by atoms with van der Waals surface area (Å²) in [6.07, 6.45) is 4.44. The highest BCUT2D eigenvalue weighted by Gasteiger charge is 2.13. The van der Waals surface area contributed by atoms with Crippen LogP contribution >= 0.6 is 11.6 Å². The van der Waals surface area contributed by atoms with E-state index >= 15 is 0 Å². The molecule has 0 fully saturated rings. The molecule has 1 amide bonds. The van der Waals surface area contributed by atoms with Gasteiger partial charge in [-0.2, -0.15) is 0 Å². The normalized spacial score (nSPS) is 11.3. The van der Waals surface area contributed by atoms with Crippen molar-refractivity contribution in [2.24, 2.45) is 0 Å². The number of nitrogens with zero attached hydrogens (tertiary/aromatic N) is 2. The Morgan fingerprint density at radius 3 is 2.57 bits per heavy atom. The molecule has 0 unspecified atom stereocenters. The van der Waals surface area contributed by atoms with Gasteiger partial charge in [0.15, 0.2) is 0 Å². The van der Waals surface area contributed by atoms with E-state index in [9.17, 15) is 13.2 Å². The van der Waals surface area contributed by atoms with E-state index in [1.54, 1.807) is 30.1 Å². The molecular formula is C20H21ClN4O4S. The predicted octanol–water partition coefficient (Wildman–Crippen LogP) is 3.60. The lowest BCUT2D eigenvalue weighted by atomic mass is 10.2. The van der Waals surface area contributed by atoms with E-state index in [0.717, 1.165) is 17.5 Å². The average Bonchev–Trinajstić information content (AvgIpc) is 3.02. The third kappa shape index (κ3) is 5.59. The fourth-order valence-corrected chi connectivity index (χ4v) is 3.67. The second kappa shape index (κ2) is 8.86. The lowest BCUT2D eigenvalue weighted by Gasteiger charge is -2.09. The second-order valence-corrected chi connectivity index (χ2v) is 8.94. The molecule has 3 aromatic rings. The number of aryl methyl sites for hydroxylation is 1. The Balaban J connectivity index is 1.81. The number of rotatable bonds is 7. The van der Waals surface area contributed by atoms with Crippen LogP contribution in [0.5, 0.6) is 0 Å². The van der Waals surface area contributed by atoms with Crippen LogP contribution in [-0.2, 0) is 21.4 Å². The molecular weight excluding hydrogens is 428 g/mol. The highest BCUT2D eigenvalue weighted by Crippen LogP contribution is 2.24. The topological polar surface area (TPSA) is 102 Å². The summed E-state index contributed by atoms with van der Waals surface area (Å²) in [7, 11) is -1.85. The fourth-order valence-electron chi connectivity index (χ4n) is 2.89. The zero-order valence-electron chi connectivity index (χ0n) is 16.6. The largest absolute Gasteiger partial charge is 0.380 e. The first-order valence-electron chi connectivity index (χ1n) is 8.87. The Hall–Kier alpha value is -2.88. The van der Waals surface area contributed by atoms with E-state index in [4.69, 9.17) is 16.3 Å². The summed E-state index contributed by atoms with van der Waals surface area (Å²) in [6.45, 7) is 2.34. The summed E-state index contributed by atoms with van der Waals surface area (Å²) in [5.41, 5.74) is 2.83. The van der Waals surface area contributed by atoms with Crippen molar-refractivity contribution >= 4 is 38.9 Å². The third-order valence-corrected chi connectivity index (χ3v) is 4.93. The molecule has 8 nitrogen and oxygen atoms in total. The zero-order valence-corrected chi connectivity index (χ0v) is 18.2. The molecule has 158 valence electrons. The van der Waals surface area contributed by atoms with Crippen LogP contribution in [0.25, 0.3) is 5.82 Å². The second-order valence-electron chi connectivity index (χ2n) is 6.75. The minimum atomic E-state index is -3.47. The number of pyridine rings is 1. The first kappa shape index (κ1) is 21.8. The number of anilines is 2. The molecule has 2 N–H and O–H groups in total. The number of amides is 1. The van der Waals surface area contributed by atoms with Crippen LogP contribution < -0.4 is 10.0 Å². The van der Waals surface area contributed by atoms with Gasteiger partial charge in [0, 0.05) is 35.9 Å². The van der Waals surface area contributed by atoms with Gasteiger partial charge in [-0.05, 0) is 42.8 Å². The number of aromatic nitrogens is 2. The number of hydrogen-bond donors (Lipinski definition) is 2. The molecule has 1 aromatic carbocycles. The van der Waals surface area contributed by atoms with Gasteiger partial charge in [-0.1, -0.05) is 17.7 Å². The predicted molar refractivity (Wildman–Crippen MR) is 117 cm³/mol. The van der Waals surface area contributed by atoms with Crippen LogP contribution in [0.2, 0.25) is 5.02 Å². The van der Waals surface area contributed by atoms with Gasteiger partial charge < -0.3 is 14.6 Å². The summed E-state index contributed by atoms with van der Waals surface area (Å²) >= 11 is 6.05. The van der Waals surface area contributed by atoms with E-state index in [2.05, 4.69) is 15.0 Å². The van der Waals surface area contributed by atoms with Crippen molar-refractivity contribution in [2.45, 2.75) is 13.5 Å². The molecule has 0 aliphatic heterocycles. The van der Waals surface area contributed by atoms with E-state index < -0.39 is 10.0 Å². The van der Waals surface area contributed by atoms with Crippen molar-refractivity contribution in [1.82, 2.24) is 9.55 Å². The van der Waals surface area contributed by atoms with Gasteiger partial charge in [0.2, 0.25) is 10.0 Å². The molecule has 3 rings (SSSR count). The highest BCUT2D eigenvalue weighted by molar-refractivity contribution is 7.92. The summed E-state index contributed by atoms with van der Waals surface area (Å²) in [4.78, 5) is 17.1. The number of methoxy groups -OCH3 is 1. The Kier molecular flexibility index (Phi) is 6.45. The molecule has 30 heavy (non-hydrogen) atoms. The molecule has 0 saturated heterocycles. The molecule has 0 spiro atoms. The average molecular weight is 449 g/mol. The van der Waals surface area contributed by atoms with Crippen molar-refractivity contribution in [3.05, 3.63) is 70.6 Å². The minimum absolute atomic E-state index is 0.259. The third-order valence-electron chi connectivity index (χ3n) is 4.10. The van der Waals surface area contributed by atoms with Crippen molar-refractivity contribution in [1.29, 1.82) is 0 Å². The monoisotopic (exact) mass is 448 g/mol. The quantitative estimate of drug-likeness (QED) is 0.574. The number of carbonyl (C=O) groups excluding carboxylic acids is 1. The number of ether oxygens (including phenoxy) is 1. The number of sulfonamides is 1. The number of nitrogens with one attached hydrogen (secondary N) is 2. The number of hydrogen-bond acceptors (Lipinski definition) is 5. The summed E-state index contributed by atoms with van der Waals surface area (Å²) in [6, 6.07) is 9.98. The van der Waals surface area contributed by atoms with Crippen LogP contribution in [0.1, 0.15) is 21.6 Å². The Labute approximate surface area is 179 Å². The van der Waals surface area contributed by atoms with Crippen LogP contribution in [-0.4, -0.2) is 37.2 Å². The van der Waals surface area contributed by atoms with Gasteiger partial charge in [-0.3, -0.25) is 9.52 Å². The molecule has 0 aliphatic rings. The van der Waals surface area contributed by atoms with Gasteiger partial charge in [0.1, 0.15) is 5.82 Å². The molecule has 0 saturated carbocycles. The number of benzene rings is 1. The Morgan fingerprint density at radius 2 is 1.93 bits per heavy atom. The summed E-state index contributed by atoms with van der Waals surface area (Å²) < 4.78 is 32.1. The summed E-state index contributed by atoms with van der Waals surface area (Å²) in [5, 5.41) is 3.02. The fraction of sp³-hybridized carbons (Fsp3) is 0.200. The van der Waals surface area contributed by atoms with Crippen LogP contribution in [0, 0.1) is 6.92 Å². The lowest BCUT2D eigenvalue weighted by Crippen LogP contribution is -2.13. The van der Waals surface area contributed by atoms with Crippen LogP contribution in [0.15, 0.2) is 48.8 Å². The SMILES string of the molecule is COCc1ccc(-n2cc(C(=O)Nc3cc(Cl)cc(NS(C)(=O)=O)c3)cc2C)nc1. The summed E-state index contributed by atoms with van der Waals surface area (Å²) in [5.74, 6) is 0.314. The van der Waals surface area contributed by atoms with E-state index in [-0.39, 0.29) is 16.6 Å². The highest BCUT2D eigenvalue weighted by atomic mass is 35.5. The van der Waals surface area contributed by atoms with Gasteiger partial charge in [-0.15, -0.1) is 0 Å². The lowest BCUT2D eigenvalue weighted by molar-refractivity contribution is 0.102. The van der Waals surface area contributed by atoms with Crippen molar-refractivity contribution < 1.29 is 17.9 Å².